The second-order valence-corrected chi connectivity index (χ2v) is 25.7. The molecule has 1 saturated heterocycles. The van der Waals surface area contributed by atoms with Crippen LogP contribution in [0.5, 0.6) is 11.5 Å². The fourth-order valence-corrected chi connectivity index (χ4v) is 10.8. The predicted octanol–water partition coefficient (Wildman–Crippen LogP) is -8.06. The SMILES string of the molecule is CC(=O)NC(CC(C)C)C(=O)NC(Cc1ccc(O)cc1)C(=O)NC(CCCN=C(N)N)C(=O)NC(C)C(=O)NC(CC(N)=O)C(=O)NCC(=O)NC(C(=O)[N+](C)(C)C(CO)C(=O)N1CCCC1C(=O)NCC(=O)NC(Cc1ccc(O)cc1)C(=O)NC(CO)C(N)=O)C(C)OP(=O)(O)O. The van der Waals surface area contributed by atoms with Crippen LogP contribution in [0.3, 0.4) is 0 Å². The smallest absolute Gasteiger partial charge is 0.469 e. The molecule has 3 rings (SSSR count). The molecule has 40 heteroatoms. The summed E-state index contributed by atoms with van der Waals surface area (Å²) in [6.45, 7) is 2.79. The number of aliphatic hydroxyl groups excluding tert-OH is 2. The number of hydrogen-bond donors (Lipinski definition) is 20. The van der Waals surface area contributed by atoms with Crippen molar-refractivity contribution in [2.24, 2.45) is 33.8 Å². The maximum atomic E-state index is 14.6. The van der Waals surface area contributed by atoms with Crippen LogP contribution in [0.15, 0.2) is 53.5 Å². The van der Waals surface area contributed by atoms with Crippen molar-refractivity contribution in [1.82, 2.24) is 58.1 Å². The Bertz CT molecular complexity index is 3330. The third-order valence-corrected chi connectivity index (χ3v) is 16.1. The first kappa shape index (κ1) is 84.3. The summed E-state index contributed by atoms with van der Waals surface area (Å²) in [6, 6.07) is -4.63. The molecule has 0 bridgehead atoms. The van der Waals surface area contributed by atoms with E-state index in [0.29, 0.717) is 11.1 Å². The molecular weight excluding hydrogens is 1340 g/mol. The number of rotatable bonds is 40. The standard InChI is InChI=1S/C60H92N17O22P/c1-30(2)22-39(69-33(5)80)54(90)73-41(24-35-14-18-37(82)19-15-35)56(92)71-38(10-8-20-65-60(63)64)53(89)68-31(3)51(87)72-42(25-46(61)83)52(88)66-27-48(85)75-49(32(4)99-100(96,97)98)59(95)77(6,7)45(29-79)58(94)76-21-9-11-44(76)57(93)67-26-47(84)70-40(23-34-12-16-36(81)17-13-34)55(91)74-43(28-78)50(62)86/h12-19,30-32,38-45,49,78-79H,8-11,20-29H2,1-7H3,(H21-,61,62,63,64,65,66,67,68,69,70,71,72,73,74,75,80,81,82,83,84,85,86,87,88,89,90,91,92,93,96,97,98)/p+1. The number of carbonyl (C=O) groups excluding carboxylic acids is 14. The maximum absolute atomic E-state index is 14.6. The molecule has 0 aromatic heterocycles. The van der Waals surface area contributed by atoms with E-state index in [1.165, 1.54) is 55.5 Å². The van der Waals surface area contributed by atoms with Gasteiger partial charge in [-0.05, 0) is 87.3 Å². The summed E-state index contributed by atoms with van der Waals surface area (Å²) < 4.78 is 15.7. The number of nitrogens with one attached hydrogen (secondary N) is 10. The summed E-state index contributed by atoms with van der Waals surface area (Å²) >= 11 is 0. The number of phenols is 2. The number of likely N-dealkylation sites (N-methyl/N-ethyl adjacent to an activating group) is 1. The number of benzene rings is 2. The Balaban J connectivity index is 1.81. The van der Waals surface area contributed by atoms with Crippen molar-refractivity contribution < 1.29 is 111 Å². The van der Waals surface area contributed by atoms with Crippen LogP contribution in [-0.2, 0) is 89.1 Å². The van der Waals surface area contributed by atoms with E-state index >= 15 is 0 Å². The number of carbonyl (C=O) groups is 14. The summed E-state index contributed by atoms with van der Waals surface area (Å²) in [5.41, 5.74) is 22.5. The highest BCUT2D eigenvalue weighted by Gasteiger charge is 2.51. The summed E-state index contributed by atoms with van der Waals surface area (Å²) in [4.78, 5) is 213. The van der Waals surface area contributed by atoms with Crippen LogP contribution >= 0.6 is 7.82 Å². The summed E-state index contributed by atoms with van der Waals surface area (Å²) in [5.74, 6) is -14.8. The first-order valence-corrected chi connectivity index (χ1v) is 33.0. The molecule has 11 unspecified atom stereocenters. The minimum Gasteiger partial charge on any atom is -0.508 e. The predicted molar refractivity (Wildman–Crippen MR) is 351 cm³/mol. The number of amides is 14. The molecule has 11 atom stereocenters. The van der Waals surface area contributed by atoms with Crippen molar-refractivity contribution in [1.29, 1.82) is 0 Å². The number of nitrogens with two attached hydrogens (primary N) is 4. The van der Waals surface area contributed by atoms with Gasteiger partial charge in [0, 0.05) is 32.9 Å². The summed E-state index contributed by atoms with van der Waals surface area (Å²) in [6.07, 6.45) is -3.08. The number of aliphatic hydroxyl groups is 2. The summed E-state index contributed by atoms with van der Waals surface area (Å²) in [5, 5.41) is 63.6. The maximum Gasteiger partial charge on any atom is 0.469 e. The number of phosphoric ester groups is 1. The minimum absolute atomic E-state index is 0.0117. The van der Waals surface area contributed by atoms with Crippen LogP contribution in [0.25, 0.3) is 0 Å². The Labute approximate surface area is 574 Å². The molecule has 1 aliphatic heterocycles. The molecule has 39 nitrogen and oxygen atoms in total. The second kappa shape index (κ2) is 39.6. The molecular formula is C60H93N17O22P+. The van der Waals surface area contributed by atoms with E-state index < -0.39 is 194 Å². The fourth-order valence-electron chi connectivity index (χ4n) is 10.3. The van der Waals surface area contributed by atoms with Gasteiger partial charge >= 0.3 is 13.7 Å². The molecule has 2 aromatic rings. The molecule has 14 amide bonds. The van der Waals surface area contributed by atoms with Gasteiger partial charge in [0.15, 0.2) is 18.0 Å². The van der Waals surface area contributed by atoms with Crippen LogP contribution in [0, 0.1) is 5.92 Å². The Hall–Kier alpha value is -9.92. The van der Waals surface area contributed by atoms with Crippen molar-refractivity contribution in [2.75, 3.05) is 53.5 Å². The van der Waals surface area contributed by atoms with Gasteiger partial charge in [0.25, 0.3) is 5.91 Å². The van der Waals surface area contributed by atoms with Crippen LogP contribution < -0.4 is 76.1 Å². The van der Waals surface area contributed by atoms with Crippen molar-refractivity contribution in [2.45, 2.75) is 153 Å². The summed E-state index contributed by atoms with van der Waals surface area (Å²) in [7, 11) is -3.35. The first-order valence-electron chi connectivity index (χ1n) is 31.4. The first-order chi connectivity index (χ1) is 46.7. The molecule has 0 saturated carbocycles. The van der Waals surface area contributed by atoms with Crippen molar-refractivity contribution in [3.05, 3.63) is 59.7 Å². The van der Waals surface area contributed by atoms with Gasteiger partial charge in [0.2, 0.25) is 70.9 Å². The molecule has 1 fully saturated rings. The zero-order chi connectivity index (χ0) is 75.5. The molecule has 0 aliphatic carbocycles. The number of quaternary nitrogens is 1. The van der Waals surface area contributed by atoms with Crippen LogP contribution in [-0.4, -0.2) is 248 Å². The average Bonchev–Trinajstić information content (AvgIpc) is 0.833. The van der Waals surface area contributed by atoms with Crippen LogP contribution in [0.2, 0.25) is 0 Å². The number of phosphoric acid groups is 1. The van der Waals surface area contributed by atoms with E-state index in [1.54, 1.807) is 13.8 Å². The van der Waals surface area contributed by atoms with Gasteiger partial charge in [-0.1, -0.05) is 38.1 Å². The highest BCUT2D eigenvalue weighted by atomic mass is 31.2. The van der Waals surface area contributed by atoms with E-state index in [2.05, 4.69) is 58.2 Å². The molecule has 0 radical (unpaired) electrons. The van der Waals surface area contributed by atoms with Gasteiger partial charge < -0.3 is 111 Å². The molecule has 554 valence electrons. The van der Waals surface area contributed by atoms with Crippen molar-refractivity contribution in [3.63, 3.8) is 0 Å². The highest BCUT2D eigenvalue weighted by Crippen LogP contribution is 2.38. The van der Waals surface area contributed by atoms with Gasteiger partial charge in [-0.15, -0.1) is 0 Å². The van der Waals surface area contributed by atoms with Crippen LogP contribution in [0.4, 0.5) is 0 Å². The number of guanidine groups is 1. The van der Waals surface area contributed by atoms with Crippen molar-refractivity contribution in [3.8, 4) is 11.5 Å². The lowest BCUT2D eigenvalue weighted by molar-refractivity contribution is -0.832. The largest absolute Gasteiger partial charge is 0.508 e. The van der Waals surface area contributed by atoms with Gasteiger partial charge in [-0.25, -0.2) is 9.36 Å². The fraction of sp³-hybridized carbons (Fsp3) is 0.550. The number of aliphatic imine (C=N–C) groups is 1. The zero-order valence-corrected chi connectivity index (χ0v) is 57.2. The average molecular weight is 1440 g/mol. The topological polar surface area (TPSA) is 627 Å². The lowest BCUT2D eigenvalue weighted by Crippen LogP contribution is -2.68. The van der Waals surface area contributed by atoms with Gasteiger partial charge in [0.1, 0.15) is 72.5 Å². The normalized spacial score (nSPS) is 15.9. The molecule has 0 spiro atoms. The van der Waals surface area contributed by atoms with Crippen LogP contribution in [0.1, 0.15) is 84.3 Å². The number of primary amides is 2. The van der Waals surface area contributed by atoms with E-state index in [0.717, 1.165) is 32.8 Å². The van der Waals surface area contributed by atoms with Gasteiger partial charge in [-0.3, -0.25) is 76.3 Å². The monoisotopic (exact) mass is 1430 g/mol. The number of likely N-dealkylation sites (tertiary alicyclic amines) is 1. The Kier molecular flexibility index (Phi) is 33.4. The third kappa shape index (κ3) is 28.1. The van der Waals surface area contributed by atoms with E-state index in [4.69, 9.17) is 27.5 Å². The van der Waals surface area contributed by atoms with E-state index in [9.17, 15) is 102 Å². The molecule has 100 heavy (non-hydrogen) atoms. The Morgan fingerprint density at radius 3 is 1.63 bits per heavy atom. The molecule has 1 heterocycles. The number of nitrogens with zero attached hydrogens (tertiary/aromatic N) is 3. The molecule has 2 aromatic carbocycles. The number of hydrogen-bond acceptors (Lipinski definition) is 21. The lowest BCUT2D eigenvalue weighted by atomic mass is 10.0. The highest BCUT2D eigenvalue weighted by molar-refractivity contribution is 7.46. The van der Waals surface area contributed by atoms with E-state index in [-0.39, 0.29) is 81.4 Å². The lowest BCUT2D eigenvalue weighted by Gasteiger charge is -2.39. The Morgan fingerprint density at radius 1 is 0.630 bits per heavy atom. The molecule has 24 N–H and O–H groups in total. The minimum atomic E-state index is -5.50. The quantitative estimate of drug-likeness (QED) is 0.00969. The third-order valence-electron chi connectivity index (χ3n) is 15.5. The van der Waals surface area contributed by atoms with Gasteiger partial charge in [0.05, 0.1) is 40.2 Å². The zero-order valence-electron chi connectivity index (χ0n) is 56.3. The Morgan fingerprint density at radius 2 is 1.13 bits per heavy atom. The van der Waals surface area contributed by atoms with Crippen molar-refractivity contribution >= 4 is 96.5 Å². The number of aromatic hydroxyl groups is 2. The molecule has 1 aliphatic rings. The van der Waals surface area contributed by atoms with Gasteiger partial charge in [-0.2, -0.15) is 0 Å². The second-order valence-electron chi connectivity index (χ2n) is 24.5. The number of phenolic OH excluding ortho intramolecular Hbond substituents is 2. The van der Waals surface area contributed by atoms with E-state index in [1.807, 2.05) is 0 Å².